The van der Waals surface area contributed by atoms with Crippen molar-refractivity contribution >= 4 is 6.03 Å². The third-order valence-corrected chi connectivity index (χ3v) is 2.97. The standard InChI is InChI=1S/C10H19N3O/c1-11-10(14)13-6-2-3-9(7-13)12-8-4-5-8/h8-9,12H,2-7H2,1H3,(H,11,14). The molecule has 1 aliphatic carbocycles. The summed E-state index contributed by atoms with van der Waals surface area (Å²) in [5.74, 6) is 0. The summed E-state index contributed by atoms with van der Waals surface area (Å²) in [4.78, 5) is 13.3. The van der Waals surface area contributed by atoms with Gasteiger partial charge in [-0.1, -0.05) is 0 Å². The summed E-state index contributed by atoms with van der Waals surface area (Å²) in [6.07, 6.45) is 4.97. The Kier molecular flexibility index (Phi) is 2.91. The number of carbonyl (C=O) groups excluding carboxylic acids is 1. The lowest BCUT2D eigenvalue weighted by Crippen LogP contribution is -2.50. The van der Waals surface area contributed by atoms with Crippen LogP contribution in [-0.2, 0) is 0 Å². The van der Waals surface area contributed by atoms with Gasteiger partial charge in [0.05, 0.1) is 0 Å². The molecule has 2 amide bonds. The van der Waals surface area contributed by atoms with E-state index in [0.717, 1.165) is 25.6 Å². The number of carbonyl (C=O) groups is 1. The fourth-order valence-corrected chi connectivity index (χ4v) is 2.04. The van der Waals surface area contributed by atoms with Gasteiger partial charge in [-0.3, -0.25) is 0 Å². The van der Waals surface area contributed by atoms with E-state index in [1.807, 2.05) is 4.90 Å². The summed E-state index contributed by atoms with van der Waals surface area (Å²) >= 11 is 0. The Bertz CT molecular complexity index is 215. The van der Waals surface area contributed by atoms with Gasteiger partial charge in [-0.25, -0.2) is 4.79 Å². The molecule has 2 fully saturated rings. The SMILES string of the molecule is CNC(=O)N1CCCC(NC2CC2)C1. The molecule has 2 N–H and O–H groups in total. The van der Waals surface area contributed by atoms with Crippen molar-refractivity contribution in [3.05, 3.63) is 0 Å². The van der Waals surface area contributed by atoms with Crippen molar-refractivity contribution in [2.75, 3.05) is 20.1 Å². The van der Waals surface area contributed by atoms with Gasteiger partial charge in [0.25, 0.3) is 0 Å². The van der Waals surface area contributed by atoms with Crippen molar-refractivity contribution in [3.8, 4) is 0 Å². The number of nitrogens with zero attached hydrogens (tertiary/aromatic N) is 1. The molecule has 1 heterocycles. The van der Waals surface area contributed by atoms with Gasteiger partial charge in [-0.2, -0.15) is 0 Å². The quantitative estimate of drug-likeness (QED) is 0.678. The first-order valence-corrected chi connectivity index (χ1v) is 5.52. The van der Waals surface area contributed by atoms with E-state index in [9.17, 15) is 4.79 Å². The van der Waals surface area contributed by atoms with E-state index in [1.54, 1.807) is 7.05 Å². The molecule has 0 spiro atoms. The van der Waals surface area contributed by atoms with Gasteiger partial charge in [0.1, 0.15) is 0 Å². The van der Waals surface area contributed by atoms with Gasteiger partial charge in [0.2, 0.25) is 0 Å². The van der Waals surface area contributed by atoms with E-state index < -0.39 is 0 Å². The number of hydrogen-bond acceptors (Lipinski definition) is 2. The smallest absolute Gasteiger partial charge is 0.317 e. The van der Waals surface area contributed by atoms with Gasteiger partial charge in [0.15, 0.2) is 0 Å². The van der Waals surface area contributed by atoms with Crippen LogP contribution in [0.2, 0.25) is 0 Å². The number of hydrogen-bond donors (Lipinski definition) is 2. The molecular weight excluding hydrogens is 178 g/mol. The van der Waals surface area contributed by atoms with Gasteiger partial charge in [-0.15, -0.1) is 0 Å². The molecule has 1 aliphatic heterocycles. The Morgan fingerprint density at radius 2 is 2.07 bits per heavy atom. The minimum atomic E-state index is 0.0623. The topological polar surface area (TPSA) is 44.4 Å². The Labute approximate surface area is 85.0 Å². The molecule has 4 nitrogen and oxygen atoms in total. The molecule has 80 valence electrons. The molecule has 1 atom stereocenters. The fraction of sp³-hybridized carbons (Fsp3) is 0.900. The molecule has 1 saturated heterocycles. The second-order valence-corrected chi connectivity index (χ2v) is 4.28. The van der Waals surface area contributed by atoms with Crippen LogP contribution >= 0.6 is 0 Å². The van der Waals surface area contributed by atoms with Crippen LogP contribution in [0.1, 0.15) is 25.7 Å². The summed E-state index contributed by atoms with van der Waals surface area (Å²) < 4.78 is 0. The Balaban J connectivity index is 1.79. The zero-order valence-corrected chi connectivity index (χ0v) is 8.75. The highest BCUT2D eigenvalue weighted by Gasteiger charge is 2.28. The maximum absolute atomic E-state index is 11.4. The van der Waals surface area contributed by atoms with Crippen LogP contribution in [0.15, 0.2) is 0 Å². The number of rotatable bonds is 2. The Hall–Kier alpha value is -0.770. The Morgan fingerprint density at radius 3 is 2.71 bits per heavy atom. The average Bonchev–Trinajstić information content (AvgIpc) is 3.01. The number of urea groups is 1. The molecule has 0 aromatic carbocycles. The predicted molar refractivity (Wildman–Crippen MR) is 55.2 cm³/mol. The van der Waals surface area contributed by atoms with Crippen LogP contribution in [0, 0.1) is 0 Å². The zero-order valence-electron chi connectivity index (χ0n) is 8.75. The molecule has 2 aliphatic rings. The van der Waals surface area contributed by atoms with Crippen molar-refractivity contribution in [1.82, 2.24) is 15.5 Å². The van der Waals surface area contributed by atoms with Crippen molar-refractivity contribution in [3.63, 3.8) is 0 Å². The van der Waals surface area contributed by atoms with Crippen molar-refractivity contribution < 1.29 is 4.79 Å². The van der Waals surface area contributed by atoms with Crippen LogP contribution in [0.3, 0.4) is 0 Å². The number of likely N-dealkylation sites (tertiary alicyclic amines) is 1. The lowest BCUT2D eigenvalue weighted by Gasteiger charge is -2.33. The minimum absolute atomic E-state index is 0.0623. The summed E-state index contributed by atoms with van der Waals surface area (Å²) in [5, 5.41) is 6.26. The lowest BCUT2D eigenvalue weighted by atomic mass is 10.1. The summed E-state index contributed by atoms with van der Waals surface area (Å²) in [5.41, 5.74) is 0. The highest BCUT2D eigenvalue weighted by Crippen LogP contribution is 2.21. The molecule has 2 rings (SSSR count). The van der Waals surface area contributed by atoms with Gasteiger partial charge in [0, 0.05) is 32.2 Å². The van der Waals surface area contributed by atoms with E-state index in [1.165, 1.54) is 19.3 Å². The van der Waals surface area contributed by atoms with Crippen LogP contribution in [0.5, 0.6) is 0 Å². The van der Waals surface area contributed by atoms with E-state index in [0.29, 0.717) is 6.04 Å². The maximum Gasteiger partial charge on any atom is 0.317 e. The molecule has 4 heteroatoms. The van der Waals surface area contributed by atoms with Gasteiger partial charge in [-0.05, 0) is 25.7 Å². The molecule has 1 unspecified atom stereocenters. The van der Waals surface area contributed by atoms with Crippen LogP contribution < -0.4 is 10.6 Å². The number of nitrogens with one attached hydrogen (secondary N) is 2. The zero-order chi connectivity index (χ0) is 9.97. The normalized spacial score (nSPS) is 27.5. The highest BCUT2D eigenvalue weighted by atomic mass is 16.2. The van der Waals surface area contributed by atoms with Gasteiger partial charge >= 0.3 is 6.03 Å². The minimum Gasteiger partial charge on any atom is -0.341 e. The van der Waals surface area contributed by atoms with Crippen molar-refractivity contribution in [1.29, 1.82) is 0 Å². The summed E-state index contributed by atoms with van der Waals surface area (Å²) in [7, 11) is 1.69. The van der Waals surface area contributed by atoms with Crippen molar-refractivity contribution in [2.24, 2.45) is 0 Å². The Morgan fingerprint density at radius 1 is 1.29 bits per heavy atom. The predicted octanol–water partition coefficient (Wildman–Crippen LogP) is 0.542. The molecule has 1 saturated carbocycles. The monoisotopic (exact) mass is 197 g/mol. The molecule has 0 aromatic rings. The average molecular weight is 197 g/mol. The van der Waals surface area contributed by atoms with Crippen LogP contribution in [0.25, 0.3) is 0 Å². The van der Waals surface area contributed by atoms with E-state index in [4.69, 9.17) is 0 Å². The molecule has 14 heavy (non-hydrogen) atoms. The summed E-state index contributed by atoms with van der Waals surface area (Å²) in [6.45, 7) is 1.78. The summed E-state index contributed by atoms with van der Waals surface area (Å²) in [6, 6.07) is 1.32. The van der Waals surface area contributed by atoms with E-state index in [2.05, 4.69) is 10.6 Å². The molecule has 0 aromatic heterocycles. The van der Waals surface area contributed by atoms with Crippen molar-refractivity contribution in [2.45, 2.75) is 37.8 Å². The van der Waals surface area contributed by atoms with Crippen LogP contribution in [0.4, 0.5) is 4.79 Å². The molecular formula is C10H19N3O. The second kappa shape index (κ2) is 4.17. The largest absolute Gasteiger partial charge is 0.341 e. The second-order valence-electron chi connectivity index (χ2n) is 4.28. The fourth-order valence-electron chi connectivity index (χ4n) is 2.04. The van der Waals surface area contributed by atoms with E-state index >= 15 is 0 Å². The maximum atomic E-state index is 11.4. The first-order valence-electron chi connectivity index (χ1n) is 5.52. The van der Waals surface area contributed by atoms with E-state index in [-0.39, 0.29) is 6.03 Å². The van der Waals surface area contributed by atoms with Crippen LogP contribution in [-0.4, -0.2) is 43.2 Å². The number of piperidine rings is 1. The first kappa shape index (κ1) is 9.77. The lowest BCUT2D eigenvalue weighted by molar-refractivity contribution is 0.174. The number of amides is 2. The molecule has 0 radical (unpaired) electrons. The third kappa shape index (κ3) is 2.38. The molecule has 0 bridgehead atoms. The first-order chi connectivity index (χ1) is 6.79. The third-order valence-electron chi connectivity index (χ3n) is 2.97. The van der Waals surface area contributed by atoms with Gasteiger partial charge < -0.3 is 15.5 Å². The highest BCUT2D eigenvalue weighted by molar-refractivity contribution is 5.73.